The van der Waals surface area contributed by atoms with Gasteiger partial charge in [0.05, 0.1) is 17.8 Å². The molecule has 132 valence electrons. The van der Waals surface area contributed by atoms with Gasteiger partial charge in [-0.3, -0.25) is 0 Å². The lowest BCUT2D eigenvalue weighted by Gasteiger charge is -2.22. The van der Waals surface area contributed by atoms with E-state index in [-0.39, 0.29) is 18.2 Å². The van der Waals surface area contributed by atoms with Crippen LogP contribution in [0.5, 0.6) is 0 Å². The van der Waals surface area contributed by atoms with E-state index in [9.17, 15) is 8.42 Å². The van der Waals surface area contributed by atoms with Gasteiger partial charge in [-0.25, -0.2) is 8.42 Å². The van der Waals surface area contributed by atoms with Crippen LogP contribution in [0, 0.1) is 5.92 Å². The highest BCUT2D eigenvalue weighted by molar-refractivity contribution is 7.90. The average molecular weight is 352 g/mol. The highest BCUT2D eigenvalue weighted by Gasteiger charge is 2.31. The molecule has 1 aliphatic carbocycles. The molecule has 0 amide bonds. The Balaban J connectivity index is 1.78. The van der Waals surface area contributed by atoms with Gasteiger partial charge in [0.1, 0.15) is 9.84 Å². The predicted molar refractivity (Wildman–Crippen MR) is 90.1 cm³/mol. The van der Waals surface area contributed by atoms with Crippen LogP contribution in [0.25, 0.3) is 0 Å². The van der Waals surface area contributed by atoms with Crippen molar-refractivity contribution in [1.82, 2.24) is 14.7 Å². The largest absolute Gasteiger partial charge is 0.343 e. The van der Waals surface area contributed by atoms with Gasteiger partial charge in [-0.1, -0.05) is 18.0 Å². The van der Waals surface area contributed by atoms with Crippen molar-refractivity contribution in [3.05, 3.63) is 36.2 Å². The smallest absolute Gasteiger partial charge is 0.243 e. The maximum Gasteiger partial charge on any atom is 0.243 e. The first-order chi connectivity index (χ1) is 11.4. The van der Waals surface area contributed by atoms with Crippen LogP contribution in [0.2, 0.25) is 0 Å². The van der Waals surface area contributed by atoms with E-state index in [1.807, 2.05) is 24.5 Å². The van der Waals surface area contributed by atoms with Crippen LogP contribution >= 0.6 is 0 Å². The van der Waals surface area contributed by atoms with Crippen LogP contribution in [-0.2, 0) is 9.84 Å². The minimum absolute atomic E-state index is 0.00946. The number of hydrogen-bond acceptors (Lipinski definition) is 6. The van der Waals surface area contributed by atoms with Gasteiger partial charge in [-0.2, -0.15) is 4.98 Å². The average Bonchev–Trinajstić information content (AvgIpc) is 3.27. The Morgan fingerprint density at radius 3 is 2.62 bits per heavy atom. The first-order valence-electron chi connectivity index (χ1n) is 8.33. The van der Waals surface area contributed by atoms with E-state index in [0.29, 0.717) is 17.6 Å². The van der Waals surface area contributed by atoms with Crippen molar-refractivity contribution >= 4 is 9.84 Å². The number of rotatable bonds is 7. The molecule has 1 saturated carbocycles. The van der Waals surface area contributed by atoms with Crippen LogP contribution in [0.3, 0.4) is 0 Å². The molecule has 2 N–H and O–H groups in total. The van der Waals surface area contributed by atoms with E-state index >= 15 is 0 Å². The molecule has 0 spiro atoms. The molecule has 2 atom stereocenters. The van der Waals surface area contributed by atoms with E-state index in [1.165, 1.54) is 19.1 Å². The summed E-state index contributed by atoms with van der Waals surface area (Å²) in [5.41, 5.74) is 6.02. The summed E-state index contributed by atoms with van der Waals surface area (Å²) < 4.78 is 30.0. The summed E-state index contributed by atoms with van der Waals surface area (Å²) in [4.78, 5) is 4.49. The molecule has 7 nitrogen and oxygen atoms in total. The maximum atomic E-state index is 11.3. The molecule has 1 aliphatic rings. The second-order valence-electron chi connectivity index (χ2n) is 6.64. The topological polar surface area (TPSA) is 104 Å². The Hall–Kier alpha value is -1.67. The van der Waals surface area contributed by atoms with Crippen LogP contribution in [-0.4, -0.2) is 35.1 Å². The fraction of sp³-hybridized carbons (Fsp3) is 0.625. The predicted octanol–water partition coefficient (Wildman–Crippen LogP) is 2.09. The van der Waals surface area contributed by atoms with Gasteiger partial charge >= 0.3 is 0 Å². The lowest BCUT2D eigenvalue weighted by molar-refractivity contribution is 0.325. The molecule has 2 heterocycles. The minimum atomic E-state index is -3.06. The van der Waals surface area contributed by atoms with Gasteiger partial charge in [0.15, 0.2) is 5.82 Å². The third kappa shape index (κ3) is 4.05. The molecule has 3 rings (SSSR count). The number of nitrogens with two attached hydrogens (primary N) is 1. The van der Waals surface area contributed by atoms with Gasteiger partial charge < -0.3 is 14.8 Å². The summed E-state index contributed by atoms with van der Waals surface area (Å²) >= 11 is 0. The van der Waals surface area contributed by atoms with Crippen molar-refractivity contribution in [1.29, 1.82) is 0 Å². The Kier molecular flexibility index (Phi) is 5.05. The molecular weight excluding hydrogens is 328 g/mol. The van der Waals surface area contributed by atoms with Crippen molar-refractivity contribution in [2.75, 3.05) is 12.0 Å². The summed E-state index contributed by atoms with van der Waals surface area (Å²) in [7, 11) is -3.06. The van der Waals surface area contributed by atoms with Gasteiger partial charge in [0.2, 0.25) is 5.89 Å². The van der Waals surface area contributed by atoms with Crippen LogP contribution < -0.4 is 5.73 Å². The summed E-state index contributed by atoms with van der Waals surface area (Å²) in [5.74, 6) is 1.43. The lowest BCUT2D eigenvalue weighted by Crippen LogP contribution is -2.20. The van der Waals surface area contributed by atoms with Gasteiger partial charge in [-0.05, 0) is 37.3 Å². The molecule has 0 saturated heterocycles. The van der Waals surface area contributed by atoms with Gasteiger partial charge in [-0.15, -0.1) is 0 Å². The molecule has 0 aromatic carbocycles. The van der Waals surface area contributed by atoms with Crippen LogP contribution in [0.4, 0.5) is 0 Å². The van der Waals surface area contributed by atoms with Crippen molar-refractivity contribution in [2.45, 2.75) is 44.2 Å². The van der Waals surface area contributed by atoms with E-state index in [4.69, 9.17) is 10.3 Å². The monoisotopic (exact) mass is 352 g/mol. The summed E-state index contributed by atoms with van der Waals surface area (Å²) in [6, 6.07) is 3.46. The van der Waals surface area contributed by atoms with Crippen molar-refractivity contribution < 1.29 is 12.9 Å². The van der Waals surface area contributed by atoms with E-state index in [0.717, 1.165) is 12.8 Å². The summed E-state index contributed by atoms with van der Waals surface area (Å²) in [5, 5.41) is 4.15. The zero-order valence-corrected chi connectivity index (χ0v) is 14.7. The summed E-state index contributed by atoms with van der Waals surface area (Å²) in [6.45, 7) is 0. The lowest BCUT2D eigenvalue weighted by atomic mass is 9.97. The molecule has 8 heteroatoms. The van der Waals surface area contributed by atoms with Gasteiger partial charge in [0, 0.05) is 18.6 Å². The maximum absolute atomic E-state index is 11.3. The highest BCUT2D eigenvalue weighted by Crippen LogP contribution is 2.37. The standard InChI is InChI=1S/C16H24N4O3S/c1-24(21,22)11-8-13(17)16-18-15(19-23-16)14(12-6-2-3-7-12)20-9-4-5-10-20/h4-5,9-10,12-14H,2-3,6-8,11,17H2,1H3/t13-,14-/m0/s1. The van der Waals surface area contributed by atoms with Crippen LogP contribution in [0.1, 0.15) is 55.9 Å². The van der Waals surface area contributed by atoms with Crippen molar-refractivity contribution in [3.63, 3.8) is 0 Å². The number of aromatic nitrogens is 3. The van der Waals surface area contributed by atoms with Crippen molar-refractivity contribution in [2.24, 2.45) is 11.7 Å². The Morgan fingerprint density at radius 2 is 2.00 bits per heavy atom. The molecule has 2 aromatic heterocycles. The Bertz CT molecular complexity index is 748. The second kappa shape index (κ2) is 7.06. The van der Waals surface area contributed by atoms with E-state index in [2.05, 4.69) is 14.7 Å². The second-order valence-corrected chi connectivity index (χ2v) is 8.90. The molecule has 0 aliphatic heterocycles. The third-order valence-electron chi connectivity index (χ3n) is 4.63. The zero-order valence-electron chi connectivity index (χ0n) is 13.8. The number of sulfone groups is 1. The number of hydrogen-bond donors (Lipinski definition) is 1. The zero-order chi connectivity index (χ0) is 17.2. The third-order valence-corrected chi connectivity index (χ3v) is 5.61. The molecular formula is C16H24N4O3S. The molecule has 0 radical (unpaired) electrons. The highest BCUT2D eigenvalue weighted by atomic mass is 32.2. The summed E-state index contributed by atoms with van der Waals surface area (Å²) in [6.07, 6.45) is 10.2. The van der Waals surface area contributed by atoms with Crippen molar-refractivity contribution in [3.8, 4) is 0 Å². The first-order valence-corrected chi connectivity index (χ1v) is 10.4. The van der Waals surface area contributed by atoms with E-state index < -0.39 is 15.9 Å². The normalized spacial score (nSPS) is 18.8. The Labute approximate surface area is 142 Å². The SMILES string of the molecule is CS(=O)(=O)CC[C@H](N)c1nc([C@H](C2CCCC2)n2cccc2)no1. The minimum Gasteiger partial charge on any atom is -0.343 e. The van der Waals surface area contributed by atoms with Gasteiger partial charge in [0.25, 0.3) is 0 Å². The molecule has 0 unspecified atom stereocenters. The van der Waals surface area contributed by atoms with E-state index in [1.54, 1.807) is 0 Å². The Morgan fingerprint density at radius 1 is 1.33 bits per heavy atom. The molecule has 24 heavy (non-hydrogen) atoms. The molecule has 2 aromatic rings. The quantitative estimate of drug-likeness (QED) is 0.818. The first kappa shape index (κ1) is 17.2. The number of nitrogens with zero attached hydrogens (tertiary/aromatic N) is 3. The molecule has 1 fully saturated rings. The molecule has 0 bridgehead atoms. The fourth-order valence-corrected chi connectivity index (χ4v) is 4.06. The van der Waals surface area contributed by atoms with Crippen LogP contribution in [0.15, 0.2) is 29.0 Å². The fourth-order valence-electron chi connectivity index (χ4n) is 3.38.